The predicted molar refractivity (Wildman–Crippen MR) is 39.6 cm³/mol. The summed E-state index contributed by atoms with van der Waals surface area (Å²) in [5.74, 6) is 1.74. The Labute approximate surface area is 51.8 Å². The molecule has 0 aliphatic rings. The van der Waals surface area contributed by atoms with Crippen LogP contribution in [0.2, 0.25) is 0 Å². The van der Waals surface area contributed by atoms with Crippen molar-refractivity contribution in [3.63, 3.8) is 0 Å². The van der Waals surface area contributed by atoms with Gasteiger partial charge in [0.15, 0.2) is 7.28 Å². The molecule has 0 rings (SSSR count). The summed E-state index contributed by atoms with van der Waals surface area (Å²) in [5, 5.41) is 0. The third-order valence-electron chi connectivity index (χ3n) is 0.767. The van der Waals surface area contributed by atoms with E-state index in [4.69, 9.17) is 0 Å². The second-order valence-electron chi connectivity index (χ2n) is 1.52. The van der Waals surface area contributed by atoms with Gasteiger partial charge >= 0.3 is 0 Å². The van der Waals surface area contributed by atoms with Gasteiger partial charge in [-0.3, -0.25) is 0 Å². The molecule has 0 bridgehead atoms. The minimum atomic E-state index is 0.857. The molecule has 0 aliphatic carbocycles. The highest BCUT2D eigenvalue weighted by molar-refractivity contribution is 6.78. The van der Waals surface area contributed by atoms with Crippen LogP contribution in [0.1, 0.15) is 13.8 Å². The average Bonchev–Trinajstić information content (AvgIpc) is 1.68. The van der Waals surface area contributed by atoms with Crippen LogP contribution in [-0.4, -0.2) is 19.4 Å². The van der Waals surface area contributed by atoms with Crippen LogP contribution in [0.5, 0.6) is 0 Å². The summed E-state index contributed by atoms with van der Waals surface area (Å²) in [5.41, 5.74) is 1.04. The Hall–Kier alpha value is -0.525. The third kappa shape index (κ3) is 3.66. The van der Waals surface area contributed by atoms with E-state index < -0.39 is 0 Å². The zero-order chi connectivity index (χ0) is 6.41. The fourth-order valence-electron chi connectivity index (χ4n) is 0.473. The highest BCUT2D eigenvalue weighted by Crippen LogP contribution is 1.74. The average molecular weight is 108 g/mol. The largest absolute Gasteiger partial charge is 0.305 e. The lowest BCUT2D eigenvalue weighted by molar-refractivity contribution is 1.13. The van der Waals surface area contributed by atoms with Gasteiger partial charge in [0, 0.05) is 6.54 Å². The number of hydrogen-bond acceptors (Lipinski definition) is 1. The van der Waals surface area contributed by atoms with E-state index >= 15 is 0 Å². The minimum absolute atomic E-state index is 0.857. The maximum Gasteiger partial charge on any atom is 0.199 e. The Kier molecular flexibility index (Phi) is 4.33. The predicted octanol–water partition coefficient (Wildman–Crippen LogP) is 1.27. The minimum Gasteiger partial charge on any atom is -0.305 e. The molecule has 0 saturated heterocycles. The van der Waals surface area contributed by atoms with Gasteiger partial charge in [0.2, 0.25) is 0 Å². The van der Waals surface area contributed by atoms with Gasteiger partial charge in [-0.05, 0) is 19.5 Å². The van der Waals surface area contributed by atoms with Crippen LogP contribution >= 0.6 is 0 Å². The molecule has 0 atom stereocenters. The van der Waals surface area contributed by atoms with Crippen LogP contribution in [0.3, 0.4) is 0 Å². The maximum absolute atomic E-state index is 4.10. The molecule has 43 valence electrons. The maximum atomic E-state index is 4.10. The Morgan fingerprint density at radius 3 is 2.88 bits per heavy atom. The van der Waals surface area contributed by atoms with E-state index in [1.54, 1.807) is 5.98 Å². The molecule has 0 aromatic rings. The van der Waals surface area contributed by atoms with Gasteiger partial charge in [-0.1, -0.05) is 0 Å². The first kappa shape index (κ1) is 7.47. The quantitative estimate of drug-likeness (QED) is 0.381. The molecule has 2 heteroatoms. The summed E-state index contributed by atoms with van der Waals surface area (Å²) in [6.45, 7) is 8.38. The van der Waals surface area contributed by atoms with E-state index in [2.05, 4.69) is 11.6 Å². The van der Waals surface area contributed by atoms with Gasteiger partial charge < -0.3 is 4.99 Å². The highest BCUT2D eigenvalue weighted by Gasteiger charge is 1.84. The molecule has 0 aromatic carbocycles. The van der Waals surface area contributed by atoms with Crippen LogP contribution in [0, 0.1) is 0 Å². The molecule has 0 N–H and O–H groups in total. The first-order valence-electron chi connectivity index (χ1n) is 2.78. The fourth-order valence-corrected chi connectivity index (χ4v) is 0.473. The number of nitrogens with zero attached hydrogens (tertiary/aromatic N) is 1. The molecule has 0 unspecified atom stereocenters. The van der Waals surface area contributed by atoms with Crippen molar-refractivity contribution in [2.45, 2.75) is 13.8 Å². The molecule has 0 aliphatic heterocycles. The highest BCUT2D eigenvalue weighted by atomic mass is 14.7. The number of aliphatic imine (C=N–C) groups is 1. The van der Waals surface area contributed by atoms with Gasteiger partial charge in [-0.15, -0.1) is 12.6 Å². The Morgan fingerprint density at radius 2 is 2.50 bits per heavy atom. The van der Waals surface area contributed by atoms with Crippen LogP contribution in [0.4, 0.5) is 0 Å². The van der Waals surface area contributed by atoms with Crippen LogP contribution in [0.15, 0.2) is 17.5 Å². The Balaban J connectivity index is 3.44. The molecule has 0 heterocycles. The molecule has 0 fully saturated rings. The van der Waals surface area contributed by atoms with Crippen molar-refractivity contribution in [1.29, 1.82) is 0 Å². The molecular weight excluding hydrogens is 96.9 g/mol. The lowest BCUT2D eigenvalue weighted by Crippen LogP contribution is -2.00. The summed E-state index contributed by atoms with van der Waals surface area (Å²) in [4.78, 5) is 4.10. The van der Waals surface area contributed by atoms with E-state index in [0.29, 0.717) is 0 Å². The molecule has 1 radical (unpaired) electrons. The molecule has 0 aromatic heterocycles. The lowest BCUT2D eigenvalue weighted by Gasteiger charge is -1.88. The van der Waals surface area contributed by atoms with Crippen LogP contribution < -0.4 is 0 Å². The van der Waals surface area contributed by atoms with E-state index in [-0.39, 0.29) is 0 Å². The zero-order valence-electron chi connectivity index (χ0n) is 5.52. The smallest absolute Gasteiger partial charge is 0.199 e. The Bertz CT molecular complexity index is 96.7. The SMILES string of the molecule is C=C[B]C(C)=NCC. The van der Waals surface area contributed by atoms with Crippen molar-refractivity contribution in [3.8, 4) is 0 Å². The van der Waals surface area contributed by atoms with Crippen molar-refractivity contribution in [3.05, 3.63) is 12.6 Å². The topological polar surface area (TPSA) is 12.4 Å². The summed E-state index contributed by atoms with van der Waals surface area (Å²) < 4.78 is 0. The van der Waals surface area contributed by atoms with E-state index in [9.17, 15) is 0 Å². The molecular formula is C6H11BN. The van der Waals surface area contributed by atoms with Gasteiger partial charge in [0.25, 0.3) is 0 Å². The van der Waals surface area contributed by atoms with Crippen molar-refractivity contribution in [2.75, 3.05) is 6.54 Å². The summed E-state index contributed by atoms with van der Waals surface area (Å²) in [6, 6.07) is 0. The number of hydrogen-bond donors (Lipinski definition) is 0. The van der Waals surface area contributed by atoms with Gasteiger partial charge in [-0.2, -0.15) is 0 Å². The van der Waals surface area contributed by atoms with Crippen molar-refractivity contribution in [1.82, 2.24) is 0 Å². The van der Waals surface area contributed by atoms with Gasteiger partial charge in [0.1, 0.15) is 0 Å². The van der Waals surface area contributed by atoms with Gasteiger partial charge in [0.05, 0.1) is 0 Å². The second kappa shape index (κ2) is 4.63. The summed E-state index contributed by atoms with van der Waals surface area (Å²) >= 11 is 0. The van der Waals surface area contributed by atoms with E-state index in [0.717, 1.165) is 12.2 Å². The Morgan fingerprint density at radius 1 is 1.88 bits per heavy atom. The number of rotatable bonds is 3. The second-order valence-corrected chi connectivity index (χ2v) is 1.52. The first-order chi connectivity index (χ1) is 3.81. The molecule has 8 heavy (non-hydrogen) atoms. The first-order valence-corrected chi connectivity index (χ1v) is 2.78. The van der Waals surface area contributed by atoms with Crippen molar-refractivity contribution in [2.24, 2.45) is 4.99 Å². The molecule has 1 nitrogen and oxygen atoms in total. The lowest BCUT2D eigenvalue weighted by atomic mass is 9.74. The standard InChI is InChI=1S/C6H11BN/c1-4-7-6(3)8-5-2/h4H,1,5H2,2-3H3. The van der Waals surface area contributed by atoms with Crippen molar-refractivity contribution < 1.29 is 0 Å². The molecule has 0 amide bonds. The van der Waals surface area contributed by atoms with E-state index in [1.165, 1.54) is 0 Å². The monoisotopic (exact) mass is 108 g/mol. The van der Waals surface area contributed by atoms with Crippen molar-refractivity contribution >= 4 is 12.9 Å². The molecule has 0 spiro atoms. The normalized spacial score (nSPS) is 11.0. The van der Waals surface area contributed by atoms with Gasteiger partial charge in [-0.25, -0.2) is 0 Å². The summed E-state index contributed by atoms with van der Waals surface area (Å²) in [7, 11) is 1.89. The zero-order valence-corrected chi connectivity index (χ0v) is 5.52. The summed E-state index contributed by atoms with van der Waals surface area (Å²) in [6.07, 6.45) is 0. The van der Waals surface area contributed by atoms with Crippen LogP contribution in [0.25, 0.3) is 0 Å². The molecule has 0 saturated carbocycles. The third-order valence-corrected chi connectivity index (χ3v) is 0.767. The van der Waals surface area contributed by atoms with E-state index in [1.807, 2.05) is 21.1 Å². The van der Waals surface area contributed by atoms with Crippen LogP contribution in [-0.2, 0) is 0 Å². The fraction of sp³-hybridized carbons (Fsp3) is 0.500.